The molecule has 1 unspecified atom stereocenters. The fourth-order valence-corrected chi connectivity index (χ4v) is 1.50. The van der Waals surface area contributed by atoms with Crippen molar-refractivity contribution in [2.24, 2.45) is 7.05 Å². The van der Waals surface area contributed by atoms with Crippen LogP contribution >= 0.6 is 0 Å². The number of aryl methyl sites for hydroxylation is 1. The number of hydrogen-bond donors (Lipinski definition) is 1. The zero-order valence-corrected chi connectivity index (χ0v) is 9.65. The van der Waals surface area contributed by atoms with Crippen LogP contribution in [0.1, 0.15) is 5.69 Å². The maximum Gasteiger partial charge on any atom is 0.119 e. The number of aliphatic hydroxyl groups is 1. The van der Waals surface area contributed by atoms with Crippen LogP contribution in [0, 0.1) is 0 Å². The van der Waals surface area contributed by atoms with Gasteiger partial charge in [-0.1, -0.05) is 23.4 Å². The van der Waals surface area contributed by atoms with Gasteiger partial charge in [0.15, 0.2) is 0 Å². The van der Waals surface area contributed by atoms with E-state index in [0.29, 0.717) is 6.42 Å². The van der Waals surface area contributed by atoms with E-state index in [-0.39, 0.29) is 6.61 Å². The van der Waals surface area contributed by atoms with E-state index in [1.54, 1.807) is 17.9 Å². The summed E-state index contributed by atoms with van der Waals surface area (Å²) < 4.78 is 7.05. The number of aliphatic hydroxyl groups excluding tert-OH is 1. The van der Waals surface area contributed by atoms with Gasteiger partial charge in [0.25, 0.3) is 0 Å². The van der Waals surface area contributed by atoms with Crippen molar-refractivity contribution in [3.8, 4) is 5.75 Å². The molecule has 17 heavy (non-hydrogen) atoms. The quantitative estimate of drug-likeness (QED) is 0.829. The highest BCUT2D eigenvalue weighted by Crippen LogP contribution is 2.09. The Labute approximate surface area is 99.7 Å². The van der Waals surface area contributed by atoms with Crippen LogP contribution in [0.5, 0.6) is 5.75 Å². The van der Waals surface area contributed by atoms with Gasteiger partial charge in [-0.25, -0.2) is 0 Å². The molecule has 0 spiro atoms. The van der Waals surface area contributed by atoms with Gasteiger partial charge in [0, 0.05) is 19.7 Å². The second-order valence-electron chi connectivity index (χ2n) is 3.87. The molecule has 1 heterocycles. The molecule has 2 aromatic rings. The molecule has 0 saturated carbocycles. The Morgan fingerprint density at radius 3 is 2.76 bits per heavy atom. The number of aromatic nitrogens is 3. The lowest BCUT2D eigenvalue weighted by Gasteiger charge is -2.10. The van der Waals surface area contributed by atoms with Crippen LogP contribution < -0.4 is 4.74 Å². The Balaban J connectivity index is 1.80. The molecular formula is C12H15N3O2. The predicted octanol–water partition coefficient (Wildman–Crippen LogP) is 0.797. The minimum absolute atomic E-state index is 0.251. The van der Waals surface area contributed by atoms with Crippen molar-refractivity contribution in [3.63, 3.8) is 0 Å². The van der Waals surface area contributed by atoms with Gasteiger partial charge in [-0.15, -0.1) is 5.10 Å². The second-order valence-corrected chi connectivity index (χ2v) is 3.87. The average Bonchev–Trinajstić information content (AvgIpc) is 2.73. The molecule has 5 nitrogen and oxygen atoms in total. The Morgan fingerprint density at radius 1 is 1.35 bits per heavy atom. The van der Waals surface area contributed by atoms with E-state index in [0.717, 1.165) is 11.4 Å². The largest absolute Gasteiger partial charge is 0.491 e. The predicted molar refractivity (Wildman–Crippen MR) is 62.7 cm³/mol. The van der Waals surface area contributed by atoms with Crippen molar-refractivity contribution in [1.29, 1.82) is 0 Å². The molecule has 0 amide bonds. The Bertz CT molecular complexity index is 456. The van der Waals surface area contributed by atoms with Gasteiger partial charge in [-0.2, -0.15) is 0 Å². The molecule has 5 heteroatoms. The topological polar surface area (TPSA) is 60.2 Å². The van der Waals surface area contributed by atoms with Crippen LogP contribution in [0.4, 0.5) is 0 Å². The van der Waals surface area contributed by atoms with Gasteiger partial charge in [0.05, 0.1) is 11.8 Å². The van der Waals surface area contributed by atoms with Crippen molar-refractivity contribution in [3.05, 3.63) is 42.2 Å². The average molecular weight is 233 g/mol. The summed E-state index contributed by atoms with van der Waals surface area (Å²) in [4.78, 5) is 0. The van der Waals surface area contributed by atoms with E-state index >= 15 is 0 Å². The zero-order valence-electron chi connectivity index (χ0n) is 9.65. The van der Waals surface area contributed by atoms with E-state index in [2.05, 4.69) is 10.3 Å². The van der Waals surface area contributed by atoms with E-state index in [9.17, 15) is 5.11 Å². The van der Waals surface area contributed by atoms with Crippen LogP contribution in [0.15, 0.2) is 36.5 Å². The van der Waals surface area contributed by atoms with Gasteiger partial charge in [0.1, 0.15) is 12.4 Å². The molecule has 2 rings (SSSR count). The minimum Gasteiger partial charge on any atom is -0.491 e. The smallest absolute Gasteiger partial charge is 0.119 e. The molecule has 1 aromatic heterocycles. The molecule has 90 valence electrons. The van der Waals surface area contributed by atoms with Crippen molar-refractivity contribution in [2.45, 2.75) is 12.5 Å². The van der Waals surface area contributed by atoms with Gasteiger partial charge in [0.2, 0.25) is 0 Å². The van der Waals surface area contributed by atoms with E-state index in [1.807, 2.05) is 30.3 Å². The summed E-state index contributed by atoms with van der Waals surface area (Å²) >= 11 is 0. The molecular weight excluding hydrogens is 218 g/mol. The lowest BCUT2D eigenvalue weighted by atomic mass is 10.2. The van der Waals surface area contributed by atoms with Crippen LogP contribution in [-0.2, 0) is 13.5 Å². The first-order chi connectivity index (χ1) is 8.24. The van der Waals surface area contributed by atoms with Crippen LogP contribution in [0.3, 0.4) is 0 Å². The number of ether oxygens (including phenoxy) is 1. The second kappa shape index (κ2) is 5.45. The van der Waals surface area contributed by atoms with Gasteiger partial charge in [-0.05, 0) is 12.1 Å². The van der Waals surface area contributed by atoms with E-state index < -0.39 is 6.10 Å². The summed E-state index contributed by atoms with van der Waals surface area (Å²) in [5.74, 6) is 0.755. The minimum atomic E-state index is -0.577. The molecule has 1 N–H and O–H groups in total. The number of rotatable bonds is 5. The normalized spacial score (nSPS) is 12.4. The highest BCUT2D eigenvalue weighted by Gasteiger charge is 2.09. The summed E-state index contributed by atoms with van der Waals surface area (Å²) in [7, 11) is 1.79. The fourth-order valence-electron chi connectivity index (χ4n) is 1.50. The van der Waals surface area contributed by atoms with Crippen LogP contribution in [0.25, 0.3) is 0 Å². The summed E-state index contributed by atoms with van der Waals surface area (Å²) in [6.07, 6.45) is 1.65. The van der Waals surface area contributed by atoms with Crippen molar-refractivity contribution in [2.75, 3.05) is 6.61 Å². The molecule has 0 aliphatic carbocycles. The summed E-state index contributed by atoms with van der Waals surface area (Å²) in [5.41, 5.74) is 0.761. The highest BCUT2D eigenvalue weighted by atomic mass is 16.5. The van der Waals surface area contributed by atoms with Gasteiger partial charge in [-0.3, -0.25) is 4.68 Å². The lowest BCUT2D eigenvalue weighted by molar-refractivity contribution is 0.107. The third-order valence-corrected chi connectivity index (χ3v) is 2.28. The first-order valence-corrected chi connectivity index (χ1v) is 5.45. The Kier molecular flexibility index (Phi) is 3.72. The van der Waals surface area contributed by atoms with E-state index in [1.165, 1.54) is 0 Å². The molecule has 0 aliphatic heterocycles. The van der Waals surface area contributed by atoms with Crippen molar-refractivity contribution in [1.82, 2.24) is 15.0 Å². The van der Waals surface area contributed by atoms with Crippen LogP contribution in [-0.4, -0.2) is 32.8 Å². The molecule has 0 bridgehead atoms. The molecule has 0 saturated heterocycles. The number of para-hydroxylation sites is 1. The Morgan fingerprint density at radius 2 is 2.12 bits per heavy atom. The van der Waals surface area contributed by atoms with Crippen LogP contribution in [0.2, 0.25) is 0 Å². The zero-order chi connectivity index (χ0) is 12.1. The third-order valence-electron chi connectivity index (χ3n) is 2.28. The lowest BCUT2D eigenvalue weighted by Crippen LogP contribution is -2.20. The fraction of sp³-hybridized carbons (Fsp3) is 0.333. The van der Waals surface area contributed by atoms with Gasteiger partial charge >= 0.3 is 0 Å². The number of hydrogen-bond acceptors (Lipinski definition) is 4. The molecule has 0 fully saturated rings. The summed E-state index contributed by atoms with van der Waals surface area (Å²) in [6.45, 7) is 0.251. The van der Waals surface area contributed by atoms with E-state index in [4.69, 9.17) is 4.74 Å². The molecule has 1 atom stereocenters. The van der Waals surface area contributed by atoms with Crippen molar-refractivity contribution >= 4 is 0 Å². The Hall–Kier alpha value is -1.88. The van der Waals surface area contributed by atoms with Gasteiger partial charge < -0.3 is 9.84 Å². The highest BCUT2D eigenvalue weighted by molar-refractivity contribution is 5.20. The monoisotopic (exact) mass is 233 g/mol. The first kappa shape index (κ1) is 11.6. The first-order valence-electron chi connectivity index (χ1n) is 5.45. The molecule has 0 radical (unpaired) electrons. The summed E-state index contributed by atoms with van der Waals surface area (Å²) in [6, 6.07) is 9.42. The third kappa shape index (κ3) is 3.57. The number of benzene rings is 1. The number of nitrogens with zero attached hydrogens (tertiary/aromatic N) is 3. The molecule has 0 aliphatic rings. The standard InChI is InChI=1S/C12H15N3O2/c1-15-8-10(13-14-15)7-11(16)9-17-12-5-3-2-4-6-12/h2-6,8,11,16H,7,9H2,1H3. The SMILES string of the molecule is Cn1cc(CC(O)COc2ccccc2)nn1. The summed E-state index contributed by atoms with van der Waals surface area (Å²) in [5, 5.41) is 17.5. The van der Waals surface area contributed by atoms with Crippen molar-refractivity contribution < 1.29 is 9.84 Å². The molecule has 1 aromatic carbocycles. The maximum absolute atomic E-state index is 9.77. The maximum atomic E-state index is 9.77.